The van der Waals surface area contributed by atoms with Crippen LogP contribution in [-0.4, -0.2) is 38.0 Å². The molecule has 0 bridgehead atoms. The van der Waals surface area contributed by atoms with Crippen molar-refractivity contribution in [1.82, 2.24) is 29.8 Å². The minimum Gasteiger partial charge on any atom is -0.363 e. The van der Waals surface area contributed by atoms with Gasteiger partial charge in [-0.3, -0.25) is 0 Å². The third-order valence-corrected chi connectivity index (χ3v) is 3.97. The van der Waals surface area contributed by atoms with Crippen molar-refractivity contribution in [2.45, 2.75) is 6.54 Å². The molecule has 3 aromatic rings. The van der Waals surface area contributed by atoms with Gasteiger partial charge in [0.25, 0.3) is 0 Å². The second-order valence-corrected chi connectivity index (χ2v) is 5.72. The number of nitrogens with one attached hydrogen (secondary N) is 3. The van der Waals surface area contributed by atoms with Gasteiger partial charge in [0.2, 0.25) is 5.82 Å². The lowest BCUT2D eigenvalue weighted by Crippen LogP contribution is -2.23. The van der Waals surface area contributed by atoms with E-state index in [-0.39, 0.29) is 5.82 Å². The van der Waals surface area contributed by atoms with Gasteiger partial charge in [0, 0.05) is 50.5 Å². The van der Waals surface area contributed by atoms with Crippen molar-refractivity contribution in [1.29, 1.82) is 5.53 Å². The van der Waals surface area contributed by atoms with E-state index in [1.165, 1.54) is 0 Å². The first-order chi connectivity index (χ1) is 12.2. The number of imidazole rings is 1. The summed E-state index contributed by atoms with van der Waals surface area (Å²) in [5.41, 5.74) is 14.2. The molecule has 0 spiro atoms. The monoisotopic (exact) mass is 335 g/mol. The number of rotatable bonds is 5. The Morgan fingerprint density at radius 2 is 2.28 bits per heavy atom. The Balaban J connectivity index is 1.57. The highest BCUT2D eigenvalue weighted by atomic mass is 15.5. The smallest absolute Gasteiger partial charge is 0.216 e. The minimum atomic E-state index is 0.271. The molecule has 3 N–H and O–H groups in total. The minimum absolute atomic E-state index is 0.271. The third-order valence-electron chi connectivity index (χ3n) is 3.97. The Bertz CT molecular complexity index is 959. The first kappa shape index (κ1) is 15.2. The number of nitrogens with zero attached hydrogens (tertiary/aromatic N) is 6. The Labute approximate surface area is 143 Å². The fraction of sp³-hybridized carbons (Fsp3) is 0.188. The zero-order chi connectivity index (χ0) is 17.2. The van der Waals surface area contributed by atoms with E-state index in [4.69, 9.17) is 5.53 Å². The van der Waals surface area contributed by atoms with Crippen molar-refractivity contribution >= 4 is 22.9 Å². The van der Waals surface area contributed by atoms with E-state index >= 15 is 0 Å². The quantitative estimate of drug-likeness (QED) is 0.617. The summed E-state index contributed by atoms with van der Waals surface area (Å²) in [6.45, 7) is 1.24. The van der Waals surface area contributed by atoms with Gasteiger partial charge in [0.05, 0.1) is 11.9 Å². The molecule has 0 saturated heterocycles. The van der Waals surface area contributed by atoms with Gasteiger partial charge in [0.15, 0.2) is 5.82 Å². The lowest BCUT2D eigenvalue weighted by Gasteiger charge is -2.09. The molecule has 0 aromatic carbocycles. The highest BCUT2D eigenvalue weighted by Gasteiger charge is 2.14. The second-order valence-electron chi connectivity index (χ2n) is 5.72. The van der Waals surface area contributed by atoms with Gasteiger partial charge in [-0.1, -0.05) is 6.07 Å². The largest absolute Gasteiger partial charge is 0.363 e. The number of hydrogen-bond donors (Lipinski definition) is 3. The molecule has 25 heavy (non-hydrogen) atoms. The van der Waals surface area contributed by atoms with E-state index in [9.17, 15) is 0 Å². The molecule has 1 aliphatic rings. The van der Waals surface area contributed by atoms with Crippen LogP contribution in [0, 0.1) is 5.53 Å². The van der Waals surface area contributed by atoms with E-state index in [0.717, 1.165) is 22.5 Å². The molecule has 4 heterocycles. The molecule has 9 heteroatoms. The maximum absolute atomic E-state index is 7.30. The van der Waals surface area contributed by atoms with Gasteiger partial charge < -0.3 is 14.7 Å². The Hall–Kier alpha value is -3.33. The van der Waals surface area contributed by atoms with Gasteiger partial charge >= 0.3 is 0 Å². The van der Waals surface area contributed by atoms with Gasteiger partial charge in [-0.05, 0) is 11.6 Å². The van der Waals surface area contributed by atoms with Gasteiger partial charge in [-0.2, -0.15) is 0 Å². The van der Waals surface area contributed by atoms with E-state index in [0.29, 0.717) is 18.9 Å². The summed E-state index contributed by atoms with van der Waals surface area (Å²) in [4.78, 5) is 13.1. The molecular formula is C16H17N9. The summed E-state index contributed by atoms with van der Waals surface area (Å²) in [6.07, 6.45) is 9.28. The first-order valence-corrected chi connectivity index (χ1v) is 7.80. The molecule has 9 nitrogen and oxygen atoms in total. The summed E-state index contributed by atoms with van der Waals surface area (Å²) in [5.74, 6) is 0.765. The number of hydrogen-bond acceptors (Lipinski definition) is 8. The fourth-order valence-corrected chi connectivity index (χ4v) is 2.69. The maximum atomic E-state index is 7.30. The number of hydrazine groups is 1. The number of fused-ring (bicyclic) bond motifs is 1. The zero-order valence-electron chi connectivity index (χ0n) is 13.6. The van der Waals surface area contributed by atoms with Crippen molar-refractivity contribution in [3.63, 3.8) is 0 Å². The molecule has 0 saturated carbocycles. The molecular weight excluding hydrogens is 318 g/mol. The van der Waals surface area contributed by atoms with Gasteiger partial charge in [0.1, 0.15) is 5.65 Å². The Morgan fingerprint density at radius 1 is 1.36 bits per heavy atom. The molecule has 0 radical (unpaired) electrons. The van der Waals surface area contributed by atoms with Crippen molar-refractivity contribution < 1.29 is 0 Å². The Kier molecular flexibility index (Phi) is 3.82. The van der Waals surface area contributed by atoms with Crippen LogP contribution in [0.3, 0.4) is 0 Å². The van der Waals surface area contributed by atoms with Crippen LogP contribution in [0.1, 0.15) is 11.3 Å². The fourth-order valence-electron chi connectivity index (χ4n) is 2.69. The van der Waals surface area contributed by atoms with E-state index in [1.54, 1.807) is 12.4 Å². The van der Waals surface area contributed by atoms with Crippen LogP contribution in [0.4, 0.5) is 11.6 Å². The molecule has 3 aromatic heterocycles. The summed E-state index contributed by atoms with van der Waals surface area (Å²) >= 11 is 0. The standard InChI is InChI=1S/C16H17N9/c1-24-10-12(7-21-24)13-8-20-16(23-17)15(22-13)19-6-11-2-3-14-18-4-5-25(14)9-11/h2-5,8-10,17,21H,6-7H2,1H3,(H,19,22). The van der Waals surface area contributed by atoms with Gasteiger partial charge in [-0.25, -0.2) is 25.9 Å². The molecule has 0 unspecified atom stereocenters. The normalized spacial score (nSPS) is 14.0. The van der Waals surface area contributed by atoms with Crippen molar-refractivity contribution in [2.75, 3.05) is 18.9 Å². The lowest BCUT2D eigenvalue weighted by molar-refractivity contribution is 0.374. The highest BCUT2D eigenvalue weighted by molar-refractivity contribution is 5.68. The van der Waals surface area contributed by atoms with E-state index < -0.39 is 0 Å². The van der Waals surface area contributed by atoms with Crippen LogP contribution in [-0.2, 0) is 6.54 Å². The summed E-state index contributed by atoms with van der Waals surface area (Å²) in [7, 11) is 1.93. The summed E-state index contributed by atoms with van der Waals surface area (Å²) < 4.78 is 1.96. The van der Waals surface area contributed by atoms with Crippen LogP contribution in [0.25, 0.3) is 11.2 Å². The highest BCUT2D eigenvalue weighted by Crippen LogP contribution is 2.24. The molecule has 0 fully saturated rings. The van der Waals surface area contributed by atoms with Gasteiger partial charge in [-0.15, -0.1) is 5.11 Å². The lowest BCUT2D eigenvalue weighted by atomic mass is 10.2. The van der Waals surface area contributed by atoms with Crippen molar-refractivity contribution in [3.05, 3.63) is 54.4 Å². The molecule has 1 aliphatic heterocycles. The Morgan fingerprint density at radius 3 is 3.08 bits per heavy atom. The maximum Gasteiger partial charge on any atom is 0.216 e. The summed E-state index contributed by atoms with van der Waals surface area (Å²) in [5, 5.41) is 8.57. The van der Waals surface area contributed by atoms with Crippen molar-refractivity contribution in [3.8, 4) is 0 Å². The summed E-state index contributed by atoms with van der Waals surface area (Å²) in [6, 6.07) is 3.96. The van der Waals surface area contributed by atoms with E-state index in [2.05, 4.69) is 30.8 Å². The predicted molar refractivity (Wildman–Crippen MR) is 93.1 cm³/mol. The molecule has 4 rings (SSSR count). The van der Waals surface area contributed by atoms with Crippen LogP contribution < -0.4 is 10.7 Å². The van der Waals surface area contributed by atoms with Crippen LogP contribution in [0.2, 0.25) is 0 Å². The van der Waals surface area contributed by atoms with Crippen LogP contribution in [0.5, 0.6) is 0 Å². The van der Waals surface area contributed by atoms with Crippen LogP contribution >= 0.6 is 0 Å². The number of anilines is 1. The number of pyridine rings is 1. The molecule has 0 amide bonds. The average molecular weight is 335 g/mol. The second kappa shape index (κ2) is 6.29. The third kappa shape index (κ3) is 3.04. The molecule has 0 aliphatic carbocycles. The van der Waals surface area contributed by atoms with Crippen LogP contribution in [0.15, 0.2) is 48.2 Å². The van der Waals surface area contributed by atoms with E-state index in [1.807, 2.05) is 47.2 Å². The predicted octanol–water partition coefficient (Wildman–Crippen LogP) is 2.19. The molecule has 126 valence electrons. The molecule has 0 atom stereocenters. The number of aromatic nitrogens is 4. The van der Waals surface area contributed by atoms with Crippen molar-refractivity contribution in [2.24, 2.45) is 5.11 Å². The first-order valence-electron chi connectivity index (χ1n) is 7.80. The zero-order valence-corrected chi connectivity index (χ0v) is 13.6. The SMILES string of the molecule is CN1C=C(c2cnc(N=N)c(NCc3ccc4nccn4c3)n2)CN1. The topological polar surface area (TPSA) is 107 Å². The average Bonchev–Trinajstić information content (AvgIpc) is 3.28.